The summed E-state index contributed by atoms with van der Waals surface area (Å²) >= 11 is 0. The van der Waals surface area contributed by atoms with Crippen LogP contribution in [0, 0.1) is 5.41 Å². The van der Waals surface area contributed by atoms with Crippen LogP contribution in [0.3, 0.4) is 0 Å². The smallest absolute Gasteiger partial charge is 0.220 e. The minimum absolute atomic E-state index is 0.0198. The average molecular weight is 155 g/mol. The molecular weight excluding hydrogens is 138 g/mol. The molecule has 64 valence electrons. The van der Waals surface area contributed by atoms with Crippen LogP contribution in [0.1, 0.15) is 34.6 Å². The van der Waals surface area contributed by atoms with E-state index in [9.17, 15) is 4.79 Å². The van der Waals surface area contributed by atoms with Crippen molar-refractivity contribution in [3.63, 3.8) is 0 Å². The number of amides is 1. The van der Waals surface area contributed by atoms with E-state index < -0.39 is 0 Å². The van der Waals surface area contributed by atoms with E-state index in [1.807, 2.05) is 6.92 Å². The fraction of sp³-hybridized carbons (Fsp3) is 0.667. The molecule has 0 aromatic carbocycles. The predicted octanol–water partition coefficient (Wildman–Crippen LogP) is 2.07. The third-order valence-corrected chi connectivity index (χ3v) is 1.67. The molecule has 0 aromatic heterocycles. The Morgan fingerprint density at radius 3 is 2.00 bits per heavy atom. The van der Waals surface area contributed by atoms with Crippen molar-refractivity contribution in [2.24, 2.45) is 5.41 Å². The maximum absolute atomic E-state index is 10.5. The zero-order valence-corrected chi connectivity index (χ0v) is 7.99. The summed E-state index contributed by atoms with van der Waals surface area (Å²) in [5, 5.41) is 2.65. The summed E-state index contributed by atoms with van der Waals surface area (Å²) in [6, 6.07) is 0. The Kier molecular flexibility index (Phi) is 3.30. The molecular formula is C9H17NO. The summed E-state index contributed by atoms with van der Waals surface area (Å²) in [7, 11) is 0. The third kappa shape index (κ3) is 4.59. The molecule has 0 aliphatic rings. The molecule has 0 atom stereocenters. The number of hydrogen-bond acceptors (Lipinski definition) is 1. The molecule has 0 aliphatic heterocycles. The molecule has 0 aromatic rings. The van der Waals surface area contributed by atoms with Gasteiger partial charge in [-0.25, -0.2) is 0 Å². The lowest BCUT2D eigenvalue weighted by molar-refractivity contribution is -0.118. The van der Waals surface area contributed by atoms with Gasteiger partial charge in [-0.2, -0.15) is 0 Å². The van der Waals surface area contributed by atoms with Crippen LogP contribution in [0.5, 0.6) is 0 Å². The molecule has 2 heteroatoms. The van der Waals surface area contributed by atoms with Gasteiger partial charge in [-0.3, -0.25) is 4.79 Å². The Labute approximate surface area is 68.7 Å². The van der Waals surface area contributed by atoms with Crippen LogP contribution in [0.25, 0.3) is 0 Å². The standard InChI is InChI=1S/C9H17NO/c1-7(9(3,4)5)6-10-8(2)11/h6H,1-5H3,(H,10,11)/b7-6+. The second-order valence-corrected chi connectivity index (χ2v) is 3.78. The van der Waals surface area contributed by atoms with Crippen molar-refractivity contribution in [1.82, 2.24) is 5.32 Å². The SMILES string of the molecule is CC(=O)N/C=C(\C)C(C)(C)C. The first-order chi connectivity index (χ1) is 4.84. The van der Waals surface area contributed by atoms with Crippen LogP contribution in [0.2, 0.25) is 0 Å². The highest BCUT2D eigenvalue weighted by molar-refractivity contribution is 5.73. The Morgan fingerprint density at radius 1 is 1.27 bits per heavy atom. The van der Waals surface area contributed by atoms with Crippen LogP contribution < -0.4 is 5.32 Å². The van der Waals surface area contributed by atoms with E-state index in [0.29, 0.717) is 0 Å². The van der Waals surface area contributed by atoms with Crippen molar-refractivity contribution in [2.45, 2.75) is 34.6 Å². The molecule has 0 spiro atoms. The van der Waals surface area contributed by atoms with Crippen molar-refractivity contribution in [2.75, 3.05) is 0 Å². The Bertz CT molecular complexity index is 174. The minimum atomic E-state index is -0.0198. The molecule has 1 amide bonds. The predicted molar refractivity (Wildman–Crippen MR) is 47.0 cm³/mol. The van der Waals surface area contributed by atoms with E-state index >= 15 is 0 Å². The van der Waals surface area contributed by atoms with Gasteiger partial charge in [0, 0.05) is 13.1 Å². The van der Waals surface area contributed by atoms with Gasteiger partial charge in [-0.05, 0) is 12.3 Å². The van der Waals surface area contributed by atoms with Gasteiger partial charge < -0.3 is 5.32 Å². The molecule has 11 heavy (non-hydrogen) atoms. The molecule has 0 aliphatic carbocycles. The molecule has 0 heterocycles. The van der Waals surface area contributed by atoms with Crippen molar-refractivity contribution >= 4 is 5.91 Å². The van der Waals surface area contributed by atoms with Gasteiger partial charge in [-0.15, -0.1) is 0 Å². The average Bonchev–Trinajstić information content (AvgIpc) is 1.80. The van der Waals surface area contributed by atoms with E-state index in [1.165, 1.54) is 12.5 Å². The molecule has 2 nitrogen and oxygen atoms in total. The maximum Gasteiger partial charge on any atom is 0.220 e. The molecule has 1 N–H and O–H groups in total. The number of carbonyl (C=O) groups is 1. The van der Waals surface area contributed by atoms with E-state index in [4.69, 9.17) is 0 Å². The lowest BCUT2D eigenvalue weighted by Gasteiger charge is -2.19. The van der Waals surface area contributed by atoms with Crippen molar-refractivity contribution in [3.8, 4) is 0 Å². The normalized spacial score (nSPS) is 13.0. The van der Waals surface area contributed by atoms with Crippen LogP contribution >= 0.6 is 0 Å². The minimum Gasteiger partial charge on any atom is -0.333 e. The lowest BCUT2D eigenvalue weighted by Crippen LogP contribution is -2.16. The monoisotopic (exact) mass is 155 g/mol. The number of allylic oxidation sites excluding steroid dienone is 1. The summed E-state index contributed by atoms with van der Waals surface area (Å²) in [6.45, 7) is 9.85. The number of nitrogens with one attached hydrogen (secondary N) is 1. The van der Waals surface area contributed by atoms with Gasteiger partial charge in [0.1, 0.15) is 0 Å². The van der Waals surface area contributed by atoms with Gasteiger partial charge in [0.25, 0.3) is 0 Å². The highest BCUT2D eigenvalue weighted by Gasteiger charge is 2.11. The quantitative estimate of drug-likeness (QED) is 0.617. The highest BCUT2D eigenvalue weighted by Crippen LogP contribution is 2.23. The van der Waals surface area contributed by atoms with Crippen molar-refractivity contribution < 1.29 is 4.79 Å². The Hall–Kier alpha value is -0.790. The van der Waals surface area contributed by atoms with Gasteiger partial charge >= 0.3 is 0 Å². The molecule has 0 unspecified atom stereocenters. The van der Waals surface area contributed by atoms with E-state index in [1.54, 1.807) is 6.20 Å². The number of carbonyl (C=O) groups excluding carboxylic acids is 1. The van der Waals surface area contributed by atoms with Crippen LogP contribution in [0.4, 0.5) is 0 Å². The van der Waals surface area contributed by atoms with Crippen molar-refractivity contribution in [1.29, 1.82) is 0 Å². The molecule has 0 rings (SSSR count). The lowest BCUT2D eigenvalue weighted by atomic mass is 9.88. The van der Waals surface area contributed by atoms with Crippen LogP contribution in [-0.2, 0) is 4.79 Å². The maximum atomic E-state index is 10.5. The van der Waals surface area contributed by atoms with E-state index in [0.717, 1.165) is 0 Å². The summed E-state index contributed by atoms with van der Waals surface area (Å²) in [4.78, 5) is 10.5. The first-order valence-electron chi connectivity index (χ1n) is 3.78. The summed E-state index contributed by atoms with van der Waals surface area (Å²) in [6.07, 6.45) is 1.77. The van der Waals surface area contributed by atoms with Crippen LogP contribution in [-0.4, -0.2) is 5.91 Å². The first-order valence-corrected chi connectivity index (χ1v) is 3.78. The largest absolute Gasteiger partial charge is 0.333 e. The summed E-state index contributed by atoms with van der Waals surface area (Å²) < 4.78 is 0. The van der Waals surface area contributed by atoms with E-state index in [2.05, 4.69) is 26.1 Å². The number of hydrogen-bond donors (Lipinski definition) is 1. The molecule has 0 saturated heterocycles. The van der Waals surface area contributed by atoms with Gasteiger partial charge in [0.2, 0.25) is 5.91 Å². The molecule has 0 radical (unpaired) electrons. The van der Waals surface area contributed by atoms with Gasteiger partial charge in [0.15, 0.2) is 0 Å². The second-order valence-electron chi connectivity index (χ2n) is 3.78. The third-order valence-electron chi connectivity index (χ3n) is 1.67. The Balaban J connectivity index is 4.12. The topological polar surface area (TPSA) is 29.1 Å². The summed E-state index contributed by atoms with van der Waals surface area (Å²) in [5.41, 5.74) is 1.32. The second kappa shape index (κ2) is 3.56. The number of rotatable bonds is 1. The van der Waals surface area contributed by atoms with E-state index in [-0.39, 0.29) is 11.3 Å². The zero-order valence-electron chi connectivity index (χ0n) is 7.99. The highest BCUT2D eigenvalue weighted by atomic mass is 16.1. The fourth-order valence-electron chi connectivity index (χ4n) is 0.426. The Morgan fingerprint density at radius 2 is 1.73 bits per heavy atom. The first kappa shape index (κ1) is 10.2. The molecule has 0 fully saturated rings. The van der Waals surface area contributed by atoms with Gasteiger partial charge in [0.05, 0.1) is 0 Å². The zero-order chi connectivity index (χ0) is 9.07. The molecule has 0 saturated carbocycles. The molecule has 0 bridgehead atoms. The van der Waals surface area contributed by atoms with Gasteiger partial charge in [-0.1, -0.05) is 26.3 Å². The van der Waals surface area contributed by atoms with Crippen molar-refractivity contribution in [3.05, 3.63) is 11.8 Å². The summed E-state index contributed by atoms with van der Waals surface area (Å²) in [5.74, 6) is -0.0198. The fourth-order valence-corrected chi connectivity index (χ4v) is 0.426. The van der Waals surface area contributed by atoms with Crippen LogP contribution in [0.15, 0.2) is 11.8 Å².